The number of anilines is 1. The van der Waals surface area contributed by atoms with Gasteiger partial charge in [-0.15, -0.1) is 0 Å². The van der Waals surface area contributed by atoms with Gasteiger partial charge in [-0.25, -0.2) is 0 Å². The summed E-state index contributed by atoms with van der Waals surface area (Å²) in [5.74, 6) is -0.0363. The SMILES string of the molecule is O=C(CCBr)Nc1cc(I)ccc1Cl. The molecule has 2 nitrogen and oxygen atoms in total. The van der Waals surface area contributed by atoms with Gasteiger partial charge in [-0.2, -0.15) is 0 Å². The van der Waals surface area contributed by atoms with Crippen molar-refractivity contribution in [2.75, 3.05) is 10.6 Å². The van der Waals surface area contributed by atoms with Crippen LogP contribution < -0.4 is 5.32 Å². The van der Waals surface area contributed by atoms with E-state index >= 15 is 0 Å². The summed E-state index contributed by atoms with van der Waals surface area (Å²) in [6, 6.07) is 5.51. The van der Waals surface area contributed by atoms with Gasteiger partial charge in [0.15, 0.2) is 0 Å². The number of alkyl halides is 1. The zero-order valence-corrected chi connectivity index (χ0v) is 11.7. The van der Waals surface area contributed by atoms with Crippen LogP contribution in [0.2, 0.25) is 5.02 Å². The molecule has 0 aliphatic carbocycles. The molecule has 0 atom stereocenters. The van der Waals surface area contributed by atoms with E-state index in [1.807, 2.05) is 12.1 Å². The van der Waals surface area contributed by atoms with E-state index in [-0.39, 0.29) is 5.91 Å². The average Bonchev–Trinajstić information content (AvgIpc) is 2.12. The van der Waals surface area contributed by atoms with Crippen LogP contribution in [0.25, 0.3) is 0 Å². The lowest BCUT2D eigenvalue weighted by Crippen LogP contribution is -2.11. The van der Waals surface area contributed by atoms with Crippen molar-refractivity contribution < 1.29 is 4.79 Å². The number of carbonyl (C=O) groups is 1. The van der Waals surface area contributed by atoms with Crippen LogP contribution in [0, 0.1) is 3.57 Å². The molecular formula is C9H8BrClINO. The highest BCUT2D eigenvalue weighted by Gasteiger charge is 2.05. The van der Waals surface area contributed by atoms with Crippen molar-refractivity contribution in [1.82, 2.24) is 0 Å². The Bertz CT molecular complexity index is 346. The maximum atomic E-state index is 11.3. The van der Waals surface area contributed by atoms with Crippen molar-refractivity contribution >= 4 is 61.7 Å². The molecule has 1 rings (SSSR count). The van der Waals surface area contributed by atoms with Gasteiger partial charge in [0.25, 0.3) is 0 Å². The van der Waals surface area contributed by atoms with E-state index < -0.39 is 0 Å². The number of carbonyl (C=O) groups excluding carboxylic acids is 1. The minimum atomic E-state index is -0.0363. The Morgan fingerprint density at radius 2 is 2.29 bits per heavy atom. The maximum absolute atomic E-state index is 11.3. The highest BCUT2D eigenvalue weighted by Crippen LogP contribution is 2.23. The quantitative estimate of drug-likeness (QED) is 0.621. The Morgan fingerprint density at radius 1 is 1.57 bits per heavy atom. The van der Waals surface area contributed by atoms with Crippen LogP contribution in [-0.4, -0.2) is 11.2 Å². The topological polar surface area (TPSA) is 29.1 Å². The molecule has 0 bridgehead atoms. The van der Waals surface area contributed by atoms with E-state index in [0.717, 1.165) is 3.57 Å². The first-order chi connectivity index (χ1) is 6.63. The lowest BCUT2D eigenvalue weighted by atomic mass is 10.3. The van der Waals surface area contributed by atoms with Gasteiger partial charge < -0.3 is 5.32 Å². The number of benzene rings is 1. The third-order valence-corrected chi connectivity index (χ3v) is 2.92. The number of rotatable bonds is 3. The molecule has 1 amide bonds. The summed E-state index contributed by atoms with van der Waals surface area (Å²) in [6.07, 6.45) is 0.446. The van der Waals surface area contributed by atoms with Crippen LogP contribution in [0.4, 0.5) is 5.69 Å². The van der Waals surface area contributed by atoms with Gasteiger partial charge in [-0.3, -0.25) is 4.79 Å². The van der Waals surface area contributed by atoms with Gasteiger partial charge in [0, 0.05) is 15.3 Å². The van der Waals surface area contributed by atoms with Crippen molar-refractivity contribution in [2.24, 2.45) is 0 Å². The molecule has 1 aromatic carbocycles. The van der Waals surface area contributed by atoms with Gasteiger partial charge in [0.05, 0.1) is 10.7 Å². The summed E-state index contributed by atoms with van der Waals surface area (Å²) < 4.78 is 1.04. The molecule has 0 aromatic heterocycles. The molecule has 0 unspecified atom stereocenters. The Morgan fingerprint density at radius 3 is 2.93 bits per heavy atom. The second-order valence-corrected chi connectivity index (χ2v) is 5.06. The summed E-state index contributed by atoms with van der Waals surface area (Å²) in [5.41, 5.74) is 0.671. The van der Waals surface area contributed by atoms with E-state index in [4.69, 9.17) is 11.6 Å². The van der Waals surface area contributed by atoms with Crippen molar-refractivity contribution in [3.8, 4) is 0 Å². The number of hydrogen-bond donors (Lipinski definition) is 1. The van der Waals surface area contributed by atoms with Crippen molar-refractivity contribution in [2.45, 2.75) is 6.42 Å². The fourth-order valence-electron chi connectivity index (χ4n) is 0.892. The second kappa shape index (κ2) is 5.92. The molecule has 0 spiro atoms. The van der Waals surface area contributed by atoms with E-state index in [1.54, 1.807) is 6.07 Å². The Labute approximate surface area is 110 Å². The normalized spacial score (nSPS) is 9.93. The minimum absolute atomic E-state index is 0.0363. The maximum Gasteiger partial charge on any atom is 0.225 e. The predicted octanol–water partition coefficient (Wildman–Crippen LogP) is 3.67. The molecular weight excluding hydrogens is 380 g/mol. The van der Waals surface area contributed by atoms with E-state index in [1.165, 1.54) is 0 Å². The van der Waals surface area contributed by atoms with Crippen molar-refractivity contribution in [3.05, 3.63) is 26.8 Å². The molecule has 76 valence electrons. The summed E-state index contributed by atoms with van der Waals surface area (Å²) in [6.45, 7) is 0. The minimum Gasteiger partial charge on any atom is -0.325 e. The van der Waals surface area contributed by atoms with E-state index in [0.29, 0.717) is 22.5 Å². The van der Waals surface area contributed by atoms with Crippen LogP contribution >= 0.6 is 50.1 Å². The summed E-state index contributed by atoms with van der Waals surface area (Å²) in [5, 5.41) is 3.96. The monoisotopic (exact) mass is 387 g/mol. The Balaban J connectivity index is 2.75. The number of nitrogens with one attached hydrogen (secondary N) is 1. The number of amides is 1. The van der Waals surface area contributed by atoms with Gasteiger partial charge in [-0.1, -0.05) is 27.5 Å². The molecule has 0 saturated carbocycles. The standard InChI is InChI=1S/C9H8BrClINO/c10-4-3-9(14)13-8-5-6(12)1-2-7(8)11/h1-2,5H,3-4H2,(H,13,14). The molecule has 0 aliphatic rings. The first-order valence-corrected chi connectivity index (χ1v) is 6.52. The fraction of sp³-hybridized carbons (Fsp3) is 0.222. The second-order valence-electron chi connectivity index (χ2n) is 2.61. The summed E-state index contributed by atoms with van der Waals surface area (Å²) in [4.78, 5) is 11.3. The Hall–Kier alpha value is 0.190. The molecule has 1 N–H and O–H groups in total. The molecule has 14 heavy (non-hydrogen) atoms. The smallest absolute Gasteiger partial charge is 0.225 e. The molecule has 0 aliphatic heterocycles. The number of hydrogen-bond acceptors (Lipinski definition) is 1. The van der Waals surface area contributed by atoms with Crippen molar-refractivity contribution in [3.63, 3.8) is 0 Å². The van der Waals surface area contributed by atoms with Gasteiger partial charge >= 0.3 is 0 Å². The molecule has 0 heterocycles. The number of halogens is 3. The molecule has 1 aromatic rings. The highest BCUT2D eigenvalue weighted by atomic mass is 127. The van der Waals surface area contributed by atoms with E-state index in [9.17, 15) is 4.79 Å². The van der Waals surface area contributed by atoms with Gasteiger partial charge in [0.2, 0.25) is 5.91 Å². The Kier molecular flexibility index (Phi) is 5.19. The summed E-state index contributed by atoms with van der Waals surface area (Å²) >= 11 is 11.3. The third-order valence-electron chi connectivity index (χ3n) is 1.52. The molecule has 0 fully saturated rings. The largest absolute Gasteiger partial charge is 0.325 e. The predicted molar refractivity (Wildman–Crippen MR) is 71.2 cm³/mol. The zero-order valence-electron chi connectivity index (χ0n) is 7.19. The lowest BCUT2D eigenvalue weighted by Gasteiger charge is -2.06. The lowest BCUT2D eigenvalue weighted by molar-refractivity contribution is -0.115. The zero-order chi connectivity index (χ0) is 10.6. The first-order valence-electron chi connectivity index (χ1n) is 3.94. The van der Waals surface area contributed by atoms with Crippen LogP contribution in [0.15, 0.2) is 18.2 Å². The van der Waals surface area contributed by atoms with Crippen LogP contribution in [0.5, 0.6) is 0 Å². The van der Waals surface area contributed by atoms with Gasteiger partial charge in [-0.05, 0) is 40.8 Å². The molecule has 0 saturated heterocycles. The van der Waals surface area contributed by atoms with Gasteiger partial charge in [0.1, 0.15) is 0 Å². The van der Waals surface area contributed by atoms with Crippen LogP contribution in [0.1, 0.15) is 6.42 Å². The van der Waals surface area contributed by atoms with Crippen LogP contribution in [0.3, 0.4) is 0 Å². The highest BCUT2D eigenvalue weighted by molar-refractivity contribution is 14.1. The third kappa shape index (κ3) is 3.74. The fourth-order valence-corrected chi connectivity index (χ4v) is 1.91. The molecule has 0 radical (unpaired) electrons. The summed E-state index contributed by atoms with van der Waals surface area (Å²) in [7, 11) is 0. The molecule has 5 heteroatoms. The van der Waals surface area contributed by atoms with Crippen molar-refractivity contribution in [1.29, 1.82) is 0 Å². The van der Waals surface area contributed by atoms with Crippen LogP contribution in [-0.2, 0) is 4.79 Å². The first kappa shape index (κ1) is 12.3. The average molecular weight is 388 g/mol. The van der Waals surface area contributed by atoms with E-state index in [2.05, 4.69) is 43.8 Å².